The summed E-state index contributed by atoms with van der Waals surface area (Å²) in [6.07, 6.45) is 6.18. The number of halogens is 3. The Morgan fingerprint density at radius 1 is 1.03 bits per heavy atom. The van der Waals surface area contributed by atoms with Gasteiger partial charge in [0.15, 0.2) is 0 Å². The number of nitrogens with zero attached hydrogens (tertiary/aromatic N) is 2. The van der Waals surface area contributed by atoms with Gasteiger partial charge < -0.3 is 20.6 Å². The molecule has 1 saturated heterocycles. The van der Waals surface area contributed by atoms with Gasteiger partial charge >= 0.3 is 5.97 Å². The molecule has 5 nitrogen and oxygen atoms in total. The lowest BCUT2D eigenvalue weighted by molar-refractivity contribution is -0.143. The molecule has 1 aliphatic carbocycles. The Bertz CT molecular complexity index is 587. The Balaban J connectivity index is 0.00000261. The SMILES string of the molecule is CN(CC1CCN(c2ccc(CN)cc2)CC1)[C@H]1CC[C@H](C(=O)O)CC1.Cl.Cl.Cl. The van der Waals surface area contributed by atoms with Crippen molar-refractivity contribution in [3.8, 4) is 0 Å². The number of hydrogen-bond acceptors (Lipinski definition) is 4. The van der Waals surface area contributed by atoms with Crippen LogP contribution in [0.1, 0.15) is 44.1 Å². The molecule has 2 fully saturated rings. The van der Waals surface area contributed by atoms with E-state index in [4.69, 9.17) is 10.8 Å². The number of carboxylic acids is 1. The molecule has 0 amide bonds. The molecule has 0 aromatic heterocycles. The molecule has 0 atom stereocenters. The van der Waals surface area contributed by atoms with Gasteiger partial charge in [0.2, 0.25) is 0 Å². The maximum Gasteiger partial charge on any atom is 0.306 e. The van der Waals surface area contributed by atoms with E-state index in [1.54, 1.807) is 0 Å². The van der Waals surface area contributed by atoms with E-state index >= 15 is 0 Å². The Morgan fingerprint density at radius 2 is 1.59 bits per heavy atom. The smallest absolute Gasteiger partial charge is 0.306 e. The molecular weight excluding hydrogens is 433 g/mol. The molecule has 1 aliphatic heterocycles. The average molecular weight is 469 g/mol. The van der Waals surface area contributed by atoms with Crippen LogP contribution in [0.25, 0.3) is 0 Å². The number of anilines is 1. The zero-order valence-electron chi connectivity index (χ0n) is 17.2. The Hall–Kier alpha value is -0.720. The average Bonchev–Trinajstić information content (AvgIpc) is 2.68. The highest BCUT2D eigenvalue weighted by atomic mass is 35.5. The van der Waals surface area contributed by atoms with Gasteiger partial charge in [0.25, 0.3) is 0 Å². The summed E-state index contributed by atoms with van der Waals surface area (Å²) in [4.78, 5) is 16.1. The molecule has 0 spiro atoms. The predicted octanol–water partition coefficient (Wildman–Crippen LogP) is 4.20. The number of rotatable bonds is 6. The van der Waals surface area contributed by atoms with E-state index in [-0.39, 0.29) is 43.1 Å². The van der Waals surface area contributed by atoms with Crippen molar-refractivity contribution in [2.45, 2.75) is 51.1 Å². The van der Waals surface area contributed by atoms with Crippen LogP contribution in [0.15, 0.2) is 24.3 Å². The lowest BCUT2D eigenvalue weighted by atomic mass is 9.85. The number of hydrogen-bond donors (Lipinski definition) is 2. The normalized spacial score (nSPS) is 22.2. The summed E-state index contributed by atoms with van der Waals surface area (Å²) < 4.78 is 0. The minimum atomic E-state index is -0.613. The molecule has 0 bridgehead atoms. The van der Waals surface area contributed by atoms with Gasteiger partial charge in [0, 0.05) is 37.9 Å². The molecule has 0 unspecified atom stereocenters. The fourth-order valence-corrected chi connectivity index (χ4v) is 4.54. The van der Waals surface area contributed by atoms with E-state index in [1.807, 2.05) is 0 Å². The van der Waals surface area contributed by atoms with Gasteiger partial charge in [0.1, 0.15) is 0 Å². The lowest BCUT2D eigenvalue weighted by Gasteiger charge is -2.39. The second kappa shape index (κ2) is 13.6. The van der Waals surface area contributed by atoms with Gasteiger partial charge in [-0.2, -0.15) is 0 Å². The molecule has 1 aromatic rings. The molecule has 0 radical (unpaired) electrons. The van der Waals surface area contributed by atoms with Crippen molar-refractivity contribution in [1.29, 1.82) is 0 Å². The van der Waals surface area contributed by atoms with Crippen LogP contribution >= 0.6 is 37.2 Å². The van der Waals surface area contributed by atoms with E-state index in [0.29, 0.717) is 12.6 Å². The summed E-state index contributed by atoms with van der Waals surface area (Å²) in [6.45, 7) is 3.98. The maximum absolute atomic E-state index is 11.1. The van der Waals surface area contributed by atoms with Crippen LogP contribution in [0.5, 0.6) is 0 Å². The lowest BCUT2D eigenvalue weighted by Crippen LogP contribution is -2.42. The molecule has 2 aliphatic rings. The largest absolute Gasteiger partial charge is 0.481 e. The summed E-state index contributed by atoms with van der Waals surface area (Å²) >= 11 is 0. The predicted molar refractivity (Wildman–Crippen MR) is 127 cm³/mol. The van der Waals surface area contributed by atoms with Gasteiger partial charge in [-0.15, -0.1) is 37.2 Å². The molecule has 1 saturated carbocycles. The minimum Gasteiger partial charge on any atom is -0.481 e. The van der Waals surface area contributed by atoms with E-state index in [1.165, 1.54) is 24.1 Å². The van der Waals surface area contributed by atoms with Gasteiger partial charge in [-0.05, 0) is 69.2 Å². The van der Waals surface area contributed by atoms with Crippen LogP contribution < -0.4 is 10.6 Å². The van der Waals surface area contributed by atoms with Crippen LogP contribution in [0.2, 0.25) is 0 Å². The molecule has 29 heavy (non-hydrogen) atoms. The van der Waals surface area contributed by atoms with Crippen LogP contribution in [0.4, 0.5) is 5.69 Å². The molecule has 1 aromatic carbocycles. The van der Waals surface area contributed by atoms with Crippen molar-refractivity contribution in [3.63, 3.8) is 0 Å². The molecule has 3 N–H and O–H groups in total. The zero-order chi connectivity index (χ0) is 18.5. The van der Waals surface area contributed by atoms with E-state index in [2.05, 4.69) is 41.1 Å². The third-order valence-electron chi connectivity index (χ3n) is 6.37. The topological polar surface area (TPSA) is 69.8 Å². The van der Waals surface area contributed by atoms with E-state index < -0.39 is 5.97 Å². The quantitative estimate of drug-likeness (QED) is 0.654. The first-order valence-corrected chi connectivity index (χ1v) is 10.0. The van der Waals surface area contributed by atoms with Crippen molar-refractivity contribution < 1.29 is 9.90 Å². The van der Waals surface area contributed by atoms with E-state index in [9.17, 15) is 4.79 Å². The Morgan fingerprint density at radius 3 is 2.07 bits per heavy atom. The molecular formula is C21H36Cl3N3O2. The maximum atomic E-state index is 11.1. The number of benzene rings is 1. The fraction of sp³-hybridized carbons (Fsp3) is 0.667. The summed E-state index contributed by atoms with van der Waals surface area (Å²) in [5.41, 5.74) is 8.17. The molecule has 1 heterocycles. The van der Waals surface area contributed by atoms with Crippen LogP contribution in [-0.4, -0.2) is 48.7 Å². The monoisotopic (exact) mass is 467 g/mol. The molecule has 168 valence electrons. The van der Waals surface area contributed by atoms with Gasteiger partial charge in [-0.25, -0.2) is 0 Å². The standard InChI is InChI=1S/C21H33N3O2.3ClH/c1-23(19-8-4-18(5-9-19)21(25)26)15-17-10-12-24(13-11-17)20-6-2-16(14-22)3-7-20;;;/h2-3,6-7,17-19H,4-5,8-15,22H2,1H3,(H,25,26);3*1H/t18-,19-;;;. The number of carbonyl (C=O) groups is 1. The van der Waals surface area contributed by atoms with Crippen molar-refractivity contribution >= 4 is 48.9 Å². The number of piperidine rings is 1. The molecule has 8 heteroatoms. The number of nitrogens with two attached hydrogens (primary N) is 1. The van der Waals surface area contributed by atoms with Gasteiger partial charge in [-0.3, -0.25) is 4.79 Å². The van der Waals surface area contributed by atoms with Crippen LogP contribution in [0.3, 0.4) is 0 Å². The highest BCUT2D eigenvalue weighted by Crippen LogP contribution is 2.29. The summed E-state index contributed by atoms with van der Waals surface area (Å²) in [7, 11) is 2.23. The fourth-order valence-electron chi connectivity index (χ4n) is 4.54. The first kappa shape index (κ1) is 28.3. The number of carboxylic acid groups (broad SMARTS) is 1. The van der Waals surface area contributed by atoms with Crippen molar-refractivity contribution in [2.24, 2.45) is 17.6 Å². The zero-order valence-corrected chi connectivity index (χ0v) is 19.6. The summed E-state index contributed by atoms with van der Waals surface area (Å²) in [5, 5.41) is 9.15. The van der Waals surface area contributed by atoms with Crippen molar-refractivity contribution in [2.75, 3.05) is 31.6 Å². The van der Waals surface area contributed by atoms with Gasteiger partial charge in [0.05, 0.1) is 5.92 Å². The van der Waals surface area contributed by atoms with Gasteiger partial charge in [-0.1, -0.05) is 12.1 Å². The highest BCUT2D eigenvalue weighted by molar-refractivity contribution is 5.86. The first-order chi connectivity index (χ1) is 12.6. The third-order valence-corrected chi connectivity index (χ3v) is 6.37. The van der Waals surface area contributed by atoms with Crippen molar-refractivity contribution in [3.05, 3.63) is 29.8 Å². The first-order valence-electron chi connectivity index (χ1n) is 10.0. The third kappa shape index (κ3) is 7.80. The van der Waals surface area contributed by atoms with Crippen LogP contribution in [-0.2, 0) is 11.3 Å². The summed E-state index contributed by atoms with van der Waals surface area (Å²) in [5.74, 6) is 0.0169. The second-order valence-electron chi connectivity index (χ2n) is 8.08. The van der Waals surface area contributed by atoms with Crippen molar-refractivity contribution in [1.82, 2.24) is 4.90 Å². The Labute approximate surface area is 193 Å². The second-order valence-corrected chi connectivity index (χ2v) is 8.08. The summed E-state index contributed by atoms with van der Waals surface area (Å²) in [6, 6.07) is 9.20. The Kier molecular flexibility index (Phi) is 13.2. The number of aliphatic carboxylic acids is 1. The van der Waals surface area contributed by atoms with E-state index in [0.717, 1.165) is 51.2 Å². The minimum absolute atomic E-state index is 0. The molecule has 3 rings (SSSR count). The highest BCUT2D eigenvalue weighted by Gasteiger charge is 2.29. The van der Waals surface area contributed by atoms with Crippen LogP contribution in [0, 0.1) is 11.8 Å².